The molecule has 272 valence electrons. The van der Waals surface area contributed by atoms with E-state index in [1.807, 2.05) is 12.2 Å². The van der Waals surface area contributed by atoms with Crippen molar-refractivity contribution in [2.75, 3.05) is 13.2 Å². The molecule has 0 aromatic rings. The van der Waals surface area contributed by atoms with E-state index >= 15 is 0 Å². The number of hydrogen-bond acceptors (Lipinski definition) is 8. The van der Waals surface area contributed by atoms with Crippen LogP contribution in [0.5, 0.6) is 0 Å². The van der Waals surface area contributed by atoms with E-state index < -0.39 is 36.8 Å². The molecule has 8 heteroatoms. The van der Waals surface area contributed by atoms with E-state index in [1.165, 1.54) is 51.4 Å². The quantitative estimate of drug-likeness (QED) is 0.0417. The number of hydrogen-bond donors (Lipinski definition) is 3. The molecule has 0 aliphatic heterocycles. The third-order valence-electron chi connectivity index (χ3n) is 9.05. The Morgan fingerprint density at radius 3 is 2.11 bits per heavy atom. The summed E-state index contributed by atoms with van der Waals surface area (Å²) in [7, 11) is 0. The summed E-state index contributed by atoms with van der Waals surface area (Å²) < 4.78 is 10.5. The van der Waals surface area contributed by atoms with Gasteiger partial charge in [0.1, 0.15) is 12.4 Å². The summed E-state index contributed by atoms with van der Waals surface area (Å²) in [6.07, 6.45) is 24.6. The number of esters is 2. The fourth-order valence-electron chi connectivity index (χ4n) is 6.07. The van der Waals surface area contributed by atoms with E-state index in [2.05, 4.69) is 20.8 Å². The standard InChI is InChI=1S/C39H68O8/c1-4-5-16-22-32(41)26-27-35-34(36(42)28-37(35)43)23-18-14-15-20-25-39(45)47-33(29-40)30-46-38(44)24-19-13-11-9-7-6-8-10-12-17-21-31(2)3/h14,18,26-27,31-36,40-42H,4-13,15-17,19-25,28-30H2,1-3H3/b18-14-,27-26+/t32-,33-,34+,35+,36-/m0/s1. The van der Waals surface area contributed by atoms with Gasteiger partial charge in [-0.25, -0.2) is 0 Å². The van der Waals surface area contributed by atoms with Crippen LogP contribution in [0, 0.1) is 17.8 Å². The van der Waals surface area contributed by atoms with Crippen molar-refractivity contribution < 1.29 is 39.2 Å². The fourth-order valence-corrected chi connectivity index (χ4v) is 6.07. The van der Waals surface area contributed by atoms with Crippen molar-refractivity contribution in [1.82, 2.24) is 0 Å². The lowest BCUT2D eigenvalue weighted by molar-refractivity contribution is -0.161. The van der Waals surface area contributed by atoms with Crippen molar-refractivity contribution >= 4 is 17.7 Å². The maximum atomic E-state index is 12.4. The smallest absolute Gasteiger partial charge is 0.306 e. The first-order valence-electron chi connectivity index (χ1n) is 18.9. The Kier molecular flexibility index (Phi) is 25.5. The molecule has 1 aliphatic carbocycles. The minimum atomic E-state index is -0.871. The number of carbonyl (C=O) groups excluding carboxylic acids is 3. The Bertz CT molecular complexity index is 882. The number of unbranched alkanes of at least 4 members (excludes halogenated alkanes) is 12. The van der Waals surface area contributed by atoms with Crippen LogP contribution in [0.3, 0.4) is 0 Å². The number of allylic oxidation sites excluding steroid dienone is 3. The molecule has 0 radical (unpaired) electrons. The molecule has 8 nitrogen and oxygen atoms in total. The number of rotatable bonds is 29. The van der Waals surface area contributed by atoms with Gasteiger partial charge in [-0.1, -0.05) is 129 Å². The van der Waals surface area contributed by atoms with E-state index in [1.54, 1.807) is 12.2 Å². The van der Waals surface area contributed by atoms with Crippen LogP contribution < -0.4 is 0 Å². The van der Waals surface area contributed by atoms with Gasteiger partial charge in [0.2, 0.25) is 0 Å². The molecular formula is C39H68O8. The molecule has 1 aliphatic rings. The normalized spacial score (nSPS) is 19.6. The Labute approximate surface area is 285 Å². The van der Waals surface area contributed by atoms with Crippen LogP contribution >= 0.6 is 0 Å². The average molecular weight is 665 g/mol. The average Bonchev–Trinajstić information content (AvgIpc) is 3.31. The molecule has 0 unspecified atom stereocenters. The molecule has 47 heavy (non-hydrogen) atoms. The molecule has 1 fully saturated rings. The first kappa shape index (κ1) is 43.0. The largest absolute Gasteiger partial charge is 0.462 e. The summed E-state index contributed by atoms with van der Waals surface area (Å²) in [5.74, 6) is -0.602. The van der Waals surface area contributed by atoms with Gasteiger partial charge >= 0.3 is 11.9 Å². The van der Waals surface area contributed by atoms with Crippen LogP contribution in [-0.4, -0.2) is 64.6 Å². The van der Waals surface area contributed by atoms with E-state index in [9.17, 15) is 29.7 Å². The minimum absolute atomic E-state index is 0.00100. The van der Waals surface area contributed by atoms with Crippen molar-refractivity contribution in [3.63, 3.8) is 0 Å². The van der Waals surface area contributed by atoms with E-state index in [0.29, 0.717) is 32.1 Å². The van der Waals surface area contributed by atoms with E-state index in [-0.39, 0.29) is 37.1 Å². The maximum Gasteiger partial charge on any atom is 0.306 e. The van der Waals surface area contributed by atoms with Crippen LogP contribution in [0.15, 0.2) is 24.3 Å². The number of aliphatic hydroxyl groups is 3. The zero-order valence-electron chi connectivity index (χ0n) is 29.9. The van der Waals surface area contributed by atoms with Crippen LogP contribution in [0.2, 0.25) is 0 Å². The summed E-state index contributed by atoms with van der Waals surface area (Å²) >= 11 is 0. The highest BCUT2D eigenvalue weighted by Gasteiger charge is 2.39. The molecule has 5 atom stereocenters. The predicted molar refractivity (Wildman–Crippen MR) is 188 cm³/mol. The monoisotopic (exact) mass is 664 g/mol. The Morgan fingerprint density at radius 1 is 0.851 bits per heavy atom. The second-order valence-electron chi connectivity index (χ2n) is 13.9. The SMILES string of the molecule is CCCCC[C@H](O)/C=C/[C@H]1C(=O)C[C@H](O)[C@@H]1C/C=C\CCCC(=O)O[C@@H](CO)COC(=O)CCCCCCCCCCCCC(C)C. The van der Waals surface area contributed by atoms with Gasteiger partial charge in [0.25, 0.3) is 0 Å². The second-order valence-corrected chi connectivity index (χ2v) is 13.9. The third-order valence-corrected chi connectivity index (χ3v) is 9.05. The Morgan fingerprint density at radius 2 is 1.47 bits per heavy atom. The third kappa shape index (κ3) is 22.3. The fraction of sp³-hybridized carbons (Fsp3) is 0.821. The first-order valence-corrected chi connectivity index (χ1v) is 18.9. The number of Topliss-reactive ketones (excluding diaryl/α,β-unsaturated/α-hetero) is 1. The van der Waals surface area contributed by atoms with E-state index in [0.717, 1.165) is 44.4 Å². The van der Waals surface area contributed by atoms with Crippen LogP contribution in [-0.2, 0) is 23.9 Å². The highest BCUT2D eigenvalue weighted by atomic mass is 16.6. The molecule has 3 N–H and O–H groups in total. The van der Waals surface area contributed by atoms with Crippen LogP contribution in [0.1, 0.15) is 156 Å². The predicted octanol–water partition coefficient (Wildman–Crippen LogP) is 7.95. The first-order chi connectivity index (χ1) is 22.7. The van der Waals surface area contributed by atoms with Gasteiger partial charge in [-0.3, -0.25) is 14.4 Å². The van der Waals surface area contributed by atoms with Crippen molar-refractivity contribution in [3.8, 4) is 0 Å². The molecule has 0 aromatic heterocycles. The molecule has 0 amide bonds. The number of aliphatic hydroxyl groups excluding tert-OH is 3. The van der Waals surface area contributed by atoms with Crippen molar-refractivity contribution in [1.29, 1.82) is 0 Å². The van der Waals surface area contributed by atoms with Gasteiger partial charge in [0, 0.05) is 31.1 Å². The summed E-state index contributed by atoms with van der Waals surface area (Å²) in [4.78, 5) is 36.7. The van der Waals surface area contributed by atoms with Gasteiger partial charge in [-0.05, 0) is 38.0 Å². The molecule has 1 rings (SSSR count). The van der Waals surface area contributed by atoms with Gasteiger partial charge in [-0.2, -0.15) is 0 Å². The number of ether oxygens (including phenoxy) is 2. The van der Waals surface area contributed by atoms with Gasteiger partial charge in [0.05, 0.1) is 18.8 Å². The zero-order valence-corrected chi connectivity index (χ0v) is 29.9. The van der Waals surface area contributed by atoms with Crippen molar-refractivity contribution in [3.05, 3.63) is 24.3 Å². The molecule has 0 spiro atoms. The van der Waals surface area contributed by atoms with Gasteiger partial charge < -0.3 is 24.8 Å². The second kappa shape index (κ2) is 27.9. The Balaban J connectivity index is 2.15. The van der Waals surface area contributed by atoms with Crippen LogP contribution in [0.25, 0.3) is 0 Å². The Hall–Kier alpha value is -2.03. The lowest BCUT2D eigenvalue weighted by Gasteiger charge is -2.17. The summed E-state index contributed by atoms with van der Waals surface area (Å²) in [6, 6.07) is 0. The number of carbonyl (C=O) groups is 3. The molecule has 0 saturated heterocycles. The highest BCUT2D eigenvalue weighted by molar-refractivity contribution is 5.86. The summed E-state index contributed by atoms with van der Waals surface area (Å²) in [6.45, 7) is 6.12. The lowest BCUT2D eigenvalue weighted by Crippen LogP contribution is -2.28. The van der Waals surface area contributed by atoms with E-state index in [4.69, 9.17) is 9.47 Å². The highest BCUT2D eigenvalue weighted by Crippen LogP contribution is 2.33. The van der Waals surface area contributed by atoms with Gasteiger partial charge in [-0.15, -0.1) is 0 Å². The molecule has 0 bridgehead atoms. The molecular weight excluding hydrogens is 596 g/mol. The van der Waals surface area contributed by atoms with Crippen LogP contribution in [0.4, 0.5) is 0 Å². The molecule has 1 saturated carbocycles. The minimum Gasteiger partial charge on any atom is -0.462 e. The lowest BCUT2D eigenvalue weighted by atomic mass is 9.90. The summed E-state index contributed by atoms with van der Waals surface area (Å²) in [5.41, 5.74) is 0. The van der Waals surface area contributed by atoms with Gasteiger partial charge in [0.15, 0.2) is 6.10 Å². The molecule has 0 heterocycles. The number of ketones is 1. The van der Waals surface area contributed by atoms with Crippen molar-refractivity contribution in [2.45, 2.75) is 174 Å². The topological polar surface area (TPSA) is 130 Å². The maximum absolute atomic E-state index is 12.4. The van der Waals surface area contributed by atoms with Crippen molar-refractivity contribution in [2.24, 2.45) is 17.8 Å². The molecule has 0 aromatic carbocycles. The summed E-state index contributed by atoms with van der Waals surface area (Å²) in [5, 5.41) is 30.1. The zero-order chi connectivity index (χ0) is 34.7.